The van der Waals surface area contributed by atoms with E-state index in [4.69, 9.17) is 10.5 Å². The fourth-order valence-electron chi connectivity index (χ4n) is 3.48. The van der Waals surface area contributed by atoms with Crippen molar-refractivity contribution in [2.24, 2.45) is 11.7 Å². The molecule has 0 spiro atoms. The molecule has 1 aliphatic heterocycles. The fourth-order valence-corrected chi connectivity index (χ4v) is 3.48. The number of hydrogen-bond acceptors (Lipinski definition) is 3. The van der Waals surface area contributed by atoms with E-state index in [0.717, 1.165) is 31.9 Å². The van der Waals surface area contributed by atoms with Gasteiger partial charge in [-0.1, -0.05) is 48.5 Å². The van der Waals surface area contributed by atoms with Gasteiger partial charge in [0.05, 0.1) is 7.11 Å². The van der Waals surface area contributed by atoms with E-state index in [9.17, 15) is 0 Å². The van der Waals surface area contributed by atoms with Crippen molar-refractivity contribution in [1.82, 2.24) is 4.90 Å². The fraction of sp³-hybridized carbons (Fsp3) is 0.368. The van der Waals surface area contributed by atoms with Crippen LogP contribution in [0.2, 0.25) is 0 Å². The quantitative estimate of drug-likeness (QED) is 0.922. The number of nitrogens with zero attached hydrogens (tertiary/aromatic N) is 1. The van der Waals surface area contributed by atoms with Crippen LogP contribution in [0.5, 0.6) is 5.75 Å². The molecule has 1 heterocycles. The van der Waals surface area contributed by atoms with Crippen LogP contribution in [0, 0.1) is 5.92 Å². The average Bonchev–Trinajstić information content (AvgIpc) is 2.99. The van der Waals surface area contributed by atoms with Crippen LogP contribution >= 0.6 is 0 Å². The number of para-hydroxylation sites is 1. The van der Waals surface area contributed by atoms with Crippen LogP contribution in [0.1, 0.15) is 17.0 Å². The summed E-state index contributed by atoms with van der Waals surface area (Å²) in [6.07, 6.45) is 0. The summed E-state index contributed by atoms with van der Waals surface area (Å²) in [7, 11) is 1.73. The Morgan fingerprint density at radius 2 is 1.77 bits per heavy atom. The minimum Gasteiger partial charge on any atom is -0.496 e. The van der Waals surface area contributed by atoms with Gasteiger partial charge in [-0.05, 0) is 24.1 Å². The van der Waals surface area contributed by atoms with Gasteiger partial charge in [0.15, 0.2) is 0 Å². The van der Waals surface area contributed by atoms with Crippen LogP contribution in [0.4, 0.5) is 0 Å². The maximum Gasteiger partial charge on any atom is 0.123 e. The lowest BCUT2D eigenvalue weighted by Gasteiger charge is -2.18. The van der Waals surface area contributed by atoms with Crippen LogP contribution in [0.15, 0.2) is 54.6 Å². The van der Waals surface area contributed by atoms with Gasteiger partial charge in [-0.2, -0.15) is 0 Å². The topological polar surface area (TPSA) is 38.5 Å². The lowest BCUT2D eigenvalue weighted by molar-refractivity contribution is 0.308. The second-order valence-electron chi connectivity index (χ2n) is 6.02. The van der Waals surface area contributed by atoms with E-state index in [0.29, 0.717) is 11.8 Å². The van der Waals surface area contributed by atoms with Crippen molar-refractivity contribution in [2.75, 3.05) is 26.7 Å². The lowest BCUT2D eigenvalue weighted by atomic mass is 9.89. The first kappa shape index (κ1) is 15.1. The standard InChI is InChI=1S/C19H24N2O/c1-22-19-10-6-5-9-16(19)12-21-13-17(11-20)18(14-21)15-7-3-2-4-8-15/h2-10,17-18H,11-14,20H2,1H3/t17-,18+/m1/s1. The van der Waals surface area contributed by atoms with Crippen molar-refractivity contribution in [3.63, 3.8) is 0 Å². The Morgan fingerprint density at radius 1 is 1.05 bits per heavy atom. The predicted octanol–water partition coefficient (Wildman–Crippen LogP) is 2.87. The molecule has 0 aromatic heterocycles. The normalized spacial score (nSPS) is 21.9. The lowest BCUT2D eigenvalue weighted by Crippen LogP contribution is -2.23. The Kier molecular flexibility index (Phi) is 4.76. The Morgan fingerprint density at radius 3 is 2.50 bits per heavy atom. The first-order chi connectivity index (χ1) is 10.8. The van der Waals surface area contributed by atoms with Crippen LogP contribution in [0.25, 0.3) is 0 Å². The van der Waals surface area contributed by atoms with Gasteiger partial charge in [0.25, 0.3) is 0 Å². The van der Waals surface area contributed by atoms with Gasteiger partial charge in [0.1, 0.15) is 5.75 Å². The minimum absolute atomic E-state index is 0.525. The molecule has 2 atom stereocenters. The monoisotopic (exact) mass is 296 g/mol. The third-order valence-corrected chi connectivity index (χ3v) is 4.63. The summed E-state index contributed by atoms with van der Waals surface area (Å²) in [4.78, 5) is 2.49. The van der Waals surface area contributed by atoms with Crippen LogP contribution in [-0.4, -0.2) is 31.6 Å². The van der Waals surface area contributed by atoms with Crippen molar-refractivity contribution in [3.05, 3.63) is 65.7 Å². The van der Waals surface area contributed by atoms with Crippen LogP contribution in [-0.2, 0) is 6.54 Å². The molecular formula is C19H24N2O. The van der Waals surface area contributed by atoms with Crippen LogP contribution in [0.3, 0.4) is 0 Å². The molecule has 0 amide bonds. The largest absolute Gasteiger partial charge is 0.496 e. The van der Waals surface area contributed by atoms with E-state index in [2.05, 4.69) is 47.4 Å². The highest BCUT2D eigenvalue weighted by Crippen LogP contribution is 2.33. The Hall–Kier alpha value is -1.84. The Labute approximate surface area is 132 Å². The molecule has 3 nitrogen and oxygen atoms in total. The van der Waals surface area contributed by atoms with Gasteiger partial charge in [-0.25, -0.2) is 0 Å². The number of benzene rings is 2. The molecule has 1 aliphatic rings. The molecule has 0 saturated carbocycles. The summed E-state index contributed by atoms with van der Waals surface area (Å²) in [5, 5.41) is 0. The summed E-state index contributed by atoms with van der Waals surface area (Å²) >= 11 is 0. The van der Waals surface area contributed by atoms with Gasteiger partial charge in [-0.3, -0.25) is 4.90 Å². The van der Waals surface area contributed by atoms with Crippen molar-refractivity contribution < 1.29 is 4.74 Å². The number of nitrogens with two attached hydrogens (primary N) is 1. The maximum atomic E-state index is 6.02. The highest BCUT2D eigenvalue weighted by Gasteiger charge is 2.32. The summed E-state index contributed by atoms with van der Waals surface area (Å²) in [6.45, 7) is 3.77. The van der Waals surface area contributed by atoms with Gasteiger partial charge in [0.2, 0.25) is 0 Å². The summed E-state index contributed by atoms with van der Waals surface area (Å²) in [5.74, 6) is 2.02. The number of methoxy groups -OCH3 is 1. The van der Waals surface area contributed by atoms with E-state index in [1.807, 2.05) is 12.1 Å². The number of ether oxygens (including phenoxy) is 1. The van der Waals surface area contributed by atoms with Gasteiger partial charge >= 0.3 is 0 Å². The third kappa shape index (κ3) is 3.16. The number of hydrogen-bond donors (Lipinski definition) is 1. The number of likely N-dealkylation sites (tertiary alicyclic amines) is 1. The molecule has 0 radical (unpaired) electrons. The predicted molar refractivity (Wildman–Crippen MR) is 90.0 cm³/mol. The molecule has 116 valence electrons. The van der Waals surface area contributed by atoms with Crippen molar-refractivity contribution in [3.8, 4) is 5.75 Å². The average molecular weight is 296 g/mol. The molecular weight excluding hydrogens is 272 g/mol. The van der Waals surface area contributed by atoms with Gasteiger partial charge in [-0.15, -0.1) is 0 Å². The van der Waals surface area contributed by atoms with E-state index >= 15 is 0 Å². The zero-order valence-electron chi connectivity index (χ0n) is 13.1. The zero-order chi connectivity index (χ0) is 15.4. The molecule has 22 heavy (non-hydrogen) atoms. The van der Waals surface area contributed by atoms with Crippen molar-refractivity contribution in [2.45, 2.75) is 12.5 Å². The highest BCUT2D eigenvalue weighted by atomic mass is 16.5. The molecule has 1 saturated heterocycles. The SMILES string of the molecule is COc1ccccc1CN1C[C@@H](CN)[C@H](c2ccccc2)C1. The molecule has 0 unspecified atom stereocenters. The summed E-state index contributed by atoms with van der Waals surface area (Å²) < 4.78 is 5.47. The van der Waals surface area contributed by atoms with Crippen LogP contribution < -0.4 is 10.5 Å². The smallest absolute Gasteiger partial charge is 0.123 e. The van der Waals surface area contributed by atoms with E-state index in [1.165, 1.54) is 11.1 Å². The van der Waals surface area contributed by atoms with Crippen molar-refractivity contribution in [1.29, 1.82) is 0 Å². The first-order valence-corrected chi connectivity index (χ1v) is 7.91. The molecule has 2 aromatic rings. The molecule has 3 heteroatoms. The van der Waals surface area contributed by atoms with Gasteiger partial charge < -0.3 is 10.5 Å². The van der Waals surface area contributed by atoms with E-state index < -0.39 is 0 Å². The Balaban J connectivity index is 1.74. The zero-order valence-corrected chi connectivity index (χ0v) is 13.1. The summed E-state index contributed by atoms with van der Waals surface area (Å²) in [5.41, 5.74) is 8.67. The molecule has 0 aliphatic carbocycles. The molecule has 2 N–H and O–H groups in total. The molecule has 0 bridgehead atoms. The second kappa shape index (κ2) is 6.95. The van der Waals surface area contributed by atoms with Gasteiger partial charge in [0, 0.05) is 31.1 Å². The van der Waals surface area contributed by atoms with E-state index in [-0.39, 0.29) is 0 Å². The van der Waals surface area contributed by atoms with Crippen molar-refractivity contribution >= 4 is 0 Å². The van der Waals surface area contributed by atoms with E-state index in [1.54, 1.807) is 7.11 Å². The molecule has 2 aromatic carbocycles. The second-order valence-corrected chi connectivity index (χ2v) is 6.02. The first-order valence-electron chi connectivity index (χ1n) is 7.91. The summed E-state index contributed by atoms with van der Waals surface area (Å²) in [6, 6.07) is 19.0. The minimum atomic E-state index is 0.525. The molecule has 1 fully saturated rings. The maximum absolute atomic E-state index is 6.02. The number of rotatable bonds is 5. The Bertz CT molecular complexity index is 599. The third-order valence-electron chi connectivity index (χ3n) is 4.63. The molecule has 3 rings (SSSR count). The highest BCUT2D eigenvalue weighted by molar-refractivity contribution is 5.33.